The number of anilines is 2. The number of ether oxygens (including phenoxy) is 1. The minimum absolute atomic E-state index is 0.257. The summed E-state index contributed by atoms with van der Waals surface area (Å²) in [7, 11) is 2.14. The quantitative estimate of drug-likeness (QED) is 0.853. The molecule has 5 nitrogen and oxygen atoms in total. The summed E-state index contributed by atoms with van der Waals surface area (Å²) in [5, 5.41) is 2.95. The summed E-state index contributed by atoms with van der Waals surface area (Å²) in [5.41, 5.74) is 1.84. The van der Waals surface area contributed by atoms with Crippen LogP contribution in [0.4, 0.5) is 15.8 Å². The molecule has 6 heteroatoms. The molecule has 150 valence electrons. The number of amides is 1. The Kier molecular flexibility index (Phi) is 5.89. The maximum Gasteiger partial charge on any atom is 0.267 e. The minimum atomic E-state index is -1.10. The van der Waals surface area contributed by atoms with Gasteiger partial charge >= 0.3 is 0 Å². The zero-order valence-electron chi connectivity index (χ0n) is 17.0. The molecule has 1 fully saturated rings. The topological polar surface area (TPSA) is 44.8 Å². The van der Waals surface area contributed by atoms with Crippen molar-refractivity contribution in [3.05, 3.63) is 53.8 Å². The molecule has 1 aliphatic heterocycles. The van der Waals surface area contributed by atoms with E-state index in [1.807, 2.05) is 19.1 Å². The molecule has 1 amide bonds. The lowest BCUT2D eigenvalue weighted by Gasteiger charge is -2.34. The first-order chi connectivity index (χ1) is 13.2. The fourth-order valence-electron chi connectivity index (χ4n) is 3.17. The fourth-order valence-corrected chi connectivity index (χ4v) is 3.17. The van der Waals surface area contributed by atoms with Crippen molar-refractivity contribution in [2.45, 2.75) is 26.4 Å². The number of carbonyl (C=O) groups excluding carboxylic acids is 1. The van der Waals surface area contributed by atoms with Gasteiger partial charge in [0.05, 0.1) is 0 Å². The van der Waals surface area contributed by atoms with Crippen LogP contribution in [0.1, 0.15) is 19.4 Å². The minimum Gasteiger partial charge on any atom is -0.478 e. The number of nitrogens with zero attached hydrogens (tertiary/aromatic N) is 2. The Balaban J connectivity index is 1.66. The van der Waals surface area contributed by atoms with E-state index in [1.165, 1.54) is 30.0 Å². The molecule has 1 N–H and O–H groups in total. The number of likely N-dealkylation sites (N-methyl/N-ethyl adjacent to an activating group) is 1. The number of halogens is 1. The molecule has 1 heterocycles. The van der Waals surface area contributed by atoms with Crippen LogP contribution in [0.3, 0.4) is 0 Å². The summed E-state index contributed by atoms with van der Waals surface area (Å²) in [4.78, 5) is 17.4. The zero-order valence-corrected chi connectivity index (χ0v) is 17.0. The largest absolute Gasteiger partial charge is 0.478 e. The second-order valence-electron chi connectivity index (χ2n) is 7.81. The van der Waals surface area contributed by atoms with E-state index in [2.05, 4.69) is 28.2 Å². The summed E-state index contributed by atoms with van der Waals surface area (Å²) in [6.45, 7) is 9.47. The van der Waals surface area contributed by atoms with Crippen LogP contribution >= 0.6 is 0 Å². The van der Waals surface area contributed by atoms with Gasteiger partial charge in [-0.2, -0.15) is 0 Å². The molecule has 1 aliphatic rings. The highest BCUT2D eigenvalue weighted by molar-refractivity contribution is 5.97. The Morgan fingerprint density at radius 2 is 1.71 bits per heavy atom. The Morgan fingerprint density at radius 1 is 1.07 bits per heavy atom. The third-order valence-electron chi connectivity index (χ3n) is 5.06. The molecule has 0 bridgehead atoms. The van der Waals surface area contributed by atoms with Crippen LogP contribution in [0.2, 0.25) is 0 Å². The second kappa shape index (κ2) is 8.19. The van der Waals surface area contributed by atoms with E-state index in [0.717, 1.165) is 37.4 Å². The van der Waals surface area contributed by atoms with Gasteiger partial charge in [0.15, 0.2) is 5.60 Å². The first-order valence-corrected chi connectivity index (χ1v) is 9.55. The van der Waals surface area contributed by atoms with Gasteiger partial charge in [0.25, 0.3) is 5.91 Å². The molecule has 2 aromatic carbocycles. The van der Waals surface area contributed by atoms with Crippen molar-refractivity contribution >= 4 is 17.3 Å². The fraction of sp³-hybridized carbons (Fsp3) is 0.409. The average molecular weight is 385 g/mol. The lowest BCUT2D eigenvalue weighted by molar-refractivity contribution is -0.128. The highest BCUT2D eigenvalue weighted by Crippen LogP contribution is 2.26. The highest BCUT2D eigenvalue weighted by atomic mass is 19.1. The van der Waals surface area contributed by atoms with Gasteiger partial charge in [0.2, 0.25) is 0 Å². The first kappa shape index (κ1) is 20.1. The van der Waals surface area contributed by atoms with Gasteiger partial charge in [-0.3, -0.25) is 4.79 Å². The molecular formula is C22H28FN3O2. The van der Waals surface area contributed by atoms with E-state index in [9.17, 15) is 9.18 Å². The third kappa shape index (κ3) is 4.81. The molecule has 2 aromatic rings. The number of nitrogens with one attached hydrogen (secondary N) is 1. The van der Waals surface area contributed by atoms with Gasteiger partial charge < -0.3 is 19.9 Å². The second-order valence-corrected chi connectivity index (χ2v) is 7.81. The maximum atomic E-state index is 13.1. The third-order valence-corrected chi connectivity index (χ3v) is 5.06. The molecule has 0 aromatic heterocycles. The van der Waals surface area contributed by atoms with Crippen LogP contribution < -0.4 is 15.0 Å². The normalized spacial score (nSPS) is 15.4. The predicted octanol–water partition coefficient (Wildman–Crippen LogP) is 3.68. The van der Waals surface area contributed by atoms with Gasteiger partial charge in [-0.15, -0.1) is 0 Å². The van der Waals surface area contributed by atoms with Crippen LogP contribution in [-0.2, 0) is 4.79 Å². The average Bonchev–Trinajstić information content (AvgIpc) is 2.65. The molecule has 0 atom stereocenters. The number of piperazine rings is 1. The molecular weight excluding hydrogens is 357 g/mol. The number of aryl methyl sites for hydroxylation is 1. The van der Waals surface area contributed by atoms with E-state index < -0.39 is 5.60 Å². The van der Waals surface area contributed by atoms with Crippen molar-refractivity contribution in [3.63, 3.8) is 0 Å². The van der Waals surface area contributed by atoms with Crippen molar-refractivity contribution in [2.75, 3.05) is 43.4 Å². The van der Waals surface area contributed by atoms with Crippen LogP contribution in [-0.4, -0.2) is 49.6 Å². The van der Waals surface area contributed by atoms with Crippen LogP contribution in [0.25, 0.3) is 0 Å². The molecule has 0 unspecified atom stereocenters. The lowest BCUT2D eigenvalue weighted by atomic mass is 10.1. The van der Waals surface area contributed by atoms with Gasteiger partial charge in [-0.1, -0.05) is 0 Å². The van der Waals surface area contributed by atoms with Gasteiger partial charge in [-0.25, -0.2) is 4.39 Å². The molecule has 1 saturated heterocycles. The van der Waals surface area contributed by atoms with Crippen molar-refractivity contribution < 1.29 is 13.9 Å². The van der Waals surface area contributed by atoms with Crippen molar-refractivity contribution in [1.29, 1.82) is 0 Å². The van der Waals surface area contributed by atoms with Crippen molar-refractivity contribution in [2.24, 2.45) is 0 Å². The van der Waals surface area contributed by atoms with Crippen molar-refractivity contribution in [3.8, 4) is 5.75 Å². The van der Waals surface area contributed by atoms with Crippen LogP contribution in [0.5, 0.6) is 5.75 Å². The summed E-state index contributed by atoms with van der Waals surface area (Å²) in [6, 6.07) is 11.7. The zero-order chi connectivity index (χ0) is 20.3. The number of hydrogen-bond acceptors (Lipinski definition) is 4. The summed E-state index contributed by atoms with van der Waals surface area (Å²) in [6.07, 6.45) is 0. The highest BCUT2D eigenvalue weighted by Gasteiger charge is 2.30. The molecule has 28 heavy (non-hydrogen) atoms. The Hall–Kier alpha value is -2.60. The van der Waals surface area contributed by atoms with Gasteiger partial charge in [0, 0.05) is 37.6 Å². The number of rotatable bonds is 5. The molecule has 0 radical (unpaired) electrons. The molecule has 3 rings (SSSR count). The lowest BCUT2D eigenvalue weighted by Crippen LogP contribution is -2.44. The van der Waals surface area contributed by atoms with E-state index in [1.54, 1.807) is 13.8 Å². The smallest absolute Gasteiger partial charge is 0.267 e. The maximum absolute atomic E-state index is 13.1. The summed E-state index contributed by atoms with van der Waals surface area (Å²) in [5.74, 6) is -0.151. The van der Waals surface area contributed by atoms with Gasteiger partial charge in [-0.05, 0) is 75.8 Å². The van der Waals surface area contributed by atoms with E-state index >= 15 is 0 Å². The Morgan fingerprint density at radius 3 is 2.32 bits per heavy atom. The monoisotopic (exact) mass is 385 g/mol. The van der Waals surface area contributed by atoms with E-state index in [4.69, 9.17) is 4.74 Å². The standard InChI is InChI=1S/C22H28FN3O2/c1-16-15-18(26-13-11-25(4)12-14-26)7-10-20(16)24-21(27)22(2,3)28-19-8-5-17(23)6-9-19/h5-10,15H,11-14H2,1-4H3,(H,24,27). The van der Waals surface area contributed by atoms with Gasteiger partial charge in [0.1, 0.15) is 11.6 Å². The summed E-state index contributed by atoms with van der Waals surface area (Å²) >= 11 is 0. The van der Waals surface area contributed by atoms with E-state index in [-0.39, 0.29) is 11.7 Å². The predicted molar refractivity (Wildman–Crippen MR) is 111 cm³/mol. The number of benzene rings is 2. The van der Waals surface area contributed by atoms with Crippen molar-refractivity contribution in [1.82, 2.24) is 4.90 Å². The van der Waals surface area contributed by atoms with E-state index in [0.29, 0.717) is 5.75 Å². The van der Waals surface area contributed by atoms with Crippen LogP contribution in [0.15, 0.2) is 42.5 Å². The molecule has 0 saturated carbocycles. The Labute approximate surface area is 166 Å². The molecule has 0 spiro atoms. The first-order valence-electron chi connectivity index (χ1n) is 9.55. The summed E-state index contributed by atoms with van der Waals surface area (Å²) < 4.78 is 18.8. The Bertz CT molecular complexity index is 828. The SMILES string of the molecule is Cc1cc(N2CCN(C)CC2)ccc1NC(=O)C(C)(C)Oc1ccc(F)cc1. The molecule has 0 aliphatic carbocycles. The number of hydrogen-bond donors (Lipinski definition) is 1. The van der Waals surface area contributed by atoms with Crippen LogP contribution in [0, 0.1) is 12.7 Å². The number of carbonyl (C=O) groups is 1.